The molecule has 0 atom stereocenters. The molecule has 0 aromatic carbocycles. The maximum absolute atomic E-state index is 12.1. The summed E-state index contributed by atoms with van der Waals surface area (Å²) in [5, 5.41) is 3.30. The molecular formula is C12H17N3O. The Morgan fingerprint density at radius 1 is 1.50 bits per heavy atom. The molecule has 1 aromatic heterocycles. The van der Waals surface area contributed by atoms with Gasteiger partial charge in [-0.3, -0.25) is 9.78 Å². The van der Waals surface area contributed by atoms with Crippen molar-refractivity contribution in [2.45, 2.75) is 18.9 Å². The van der Waals surface area contributed by atoms with Crippen molar-refractivity contribution in [3.8, 4) is 0 Å². The van der Waals surface area contributed by atoms with Gasteiger partial charge in [-0.1, -0.05) is 0 Å². The molecule has 86 valence electrons. The van der Waals surface area contributed by atoms with E-state index in [4.69, 9.17) is 0 Å². The van der Waals surface area contributed by atoms with Crippen LogP contribution in [0.25, 0.3) is 0 Å². The Morgan fingerprint density at radius 3 is 2.88 bits per heavy atom. The van der Waals surface area contributed by atoms with Crippen molar-refractivity contribution in [3.05, 3.63) is 30.1 Å². The summed E-state index contributed by atoms with van der Waals surface area (Å²) in [4.78, 5) is 17.9. The number of nitrogens with one attached hydrogen (secondary N) is 1. The predicted octanol–water partition coefficient (Wildman–Crippen LogP) is 0.906. The maximum Gasteiger partial charge on any atom is 0.255 e. The van der Waals surface area contributed by atoms with Crippen molar-refractivity contribution in [1.29, 1.82) is 0 Å². The molecule has 0 unspecified atom stereocenters. The molecule has 2 rings (SSSR count). The lowest BCUT2D eigenvalue weighted by Crippen LogP contribution is -2.43. The van der Waals surface area contributed by atoms with E-state index in [1.807, 2.05) is 18.0 Å². The molecule has 0 spiro atoms. The first kappa shape index (κ1) is 11.1. The number of aromatic nitrogens is 1. The van der Waals surface area contributed by atoms with Crippen molar-refractivity contribution in [1.82, 2.24) is 15.2 Å². The van der Waals surface area contributed by atoms with Gasteiger partial charge in [-0.2, -0.15) is 0 Å². The number of rotatable bonds is 2. The first-order valence-electron chi connectivity index (χ1n) is 5.67. The van der Waals surface area contributed by atoms with Crippen LogP contribution in [-0.4, -0.2) is 42.0 Å². The highest BCUT2D eigenvalue weighted by atomic mass is 16.2. The Hall–Kier alpha value is -1.42. The van der Waals surface area contributed by atoms with Gasteiger partial charge < -0.3 is 10.2 Å². The van der Waals surface area contributed by atoms with Gasteiger partial charge in [0, 0.05) is 25.5 Å². The molecule has 1 N–H and O–H groups in total. The fourth-order valence-corrected chi connectivity index (χ4v) is 2.05. The third-order valence-corrected chi connectivity index (χ3v) is 3.09. The highest BCUT2D eigenvalue weighted by Crippen LogP contribution is 2.12. The minimum atomic E-state index is 0.0694. The molecule has 0 radical (unpaired) electrons. The minimum Gasteiger partial charge on any atom is -0.339 e. The third-order valence-electron chi connectivity index (χ3n) is 3.09. The average Bonchev–Trinajstić information content (AvgIpc) is 2.39. The highest BCUT2D eigenvalue weighted by molar-refractivity contribution is 5.93. The summed E-state index contributed by atoms with van der Waals surface area (Å²) in [6.07, 6.45) is 5.37. The van der Waals surface area contributed by atoms with E-state index >= 15 is 0 Å². The van der Waals surface area contributed by atoms with E-state index in [2.05, 4.69) is 10.3 Å². The predicted molar refractivity (Wildman–Crippen MR) is 62.2 cm³/mol. The van der Waals surface area contributed by atoms with Crippen molar-refractivity contribution in [3.63, 3.8) is 0 Å². The number of hydrogen-bond acceptors (Lipinski definition) is 3. The lowest BCUT2D eigenvalue weighted by atomic mass is 10.0. The summed E-state index contributed by atoms with van der Waals surface area (Å²) in [6, 6.07) is 3.96. The Labute approximate surface area is 95.7 Å². The van der Waals surface area contributed by atoms with Crippen molar-refractivity contribution in [2.24, 2.45) is 0 Å². The Bertz CT molecular complexity index is 347. The van der Waals surface area contributed by atoms with E-state index in [1.165, 1.54) is 0 Å². The van der Waals surface area contributed by atoms with Gasteiger partial charge in [-0.25, -0.2) is 0 Å². The number of carbonyl (C=O) groups excluding carboxylic acids is 1. The van der Waals surface area contributed by atoms with E-state index in [-0.39, 0.29) is 5.91 Å². The van der Waals surface area contributed by atoms with Crippen molar-refractivity contribution < 1.29 is 4.79 Å². The normalized spacial score (nSPS) is 17.1. The van der Waals surface area contributed by atoms with Gasteiger partial charge in [0.05, 0.1) is 5.56 Å². The van der Waals surface area contributed by atoms with Crippen LogP contribution in [0.2, 0.25) is 0 Å². The van der Waals surface area contributed by atoms with E-state index < -0.39 is 0 Å². The maximum atomic E-state index is 12.1. The van der Waals surface area contributed by atoms with Crippen LogP contribution >= 0.6 is 0 Å². The van der Waals surface area contributed by atoms with Crippen LogP contribution in [-0.2, 0) is 0 Å². The van der Waals surface area contributed by atoms with Gasteiger partial charge in [-0.15, -0.1) is 0 Å². The lowest BCUT2D eigenvalue weighted by molar-refractivity contribution is 0.0703. The quantitative estimate of drug-likeness (QED) is 0.804. The molecular weight excluding hydrogens is 202 g/mol. The molecule has 0 aliphatic carbocycles. The first-order chi connectivity index (χ1) is 7.79. The zero-order valence-corrected chi connectivity index (χ0v) is 9.52. The van der Waals surface area contributed by atoms with E-state index in [1.54, 1.807) is 18.5 Å². The van der Waals surface area contributed by atoms with Crippen LogP contribution in [0.5, 0.6) is 0 Å². The number of hydrogen-bond donors (Lipinski definition) is 1. The second kappa shape index (κ2) is 5.07. The molecule has 1 aliphatic heterocycles. The number of pyridine rings is 1. The summed E-state index contributed by atoms with van der Waals surface area (Å²) in [5.74, 6) is 0.0694. The molecule has 1 aliphatic rings. The van der Waals surface area contributed by atoms with E-state index in [9.17, 15) is 4.79 Å². The fraction of sp³-hybridized carbons (Fsp3) is 0.500. The highest BCUT2D eigenvalue weighted by Gasteiger charge is 2.22. The molecule has 1 aromatic rings. The Balaban J connectivity index is 2.04. The van der Waals surface area contributed by atoms with Gasteiger partial charge in [0.15, 0.2) is 0 Å². The fourth-order valence-electron chi connectivity index (χ4n) is 2.05. The molecule has 4 nitrogen and oxygen atoms in total. The van der Waals surface area contributed by atoms with Gasteiger partial charge in [0.2, 0.25) is 0 Å². The first-order valence-corrected chi connectivity index (χ1v) is 5.67. The van der Waals surface area contributed by atoms with Gasteiger partial charge in [-0.05, 0) is 38.1 Å². The van der Waals surface area contributed by atoms with Crippen molar-refractivity contribution in [2.75, 3.05) is 20.1 Å². The van der Waals surface area contributed by atoms with Gasteiger partial charge >= 0.3 is 0 Å². The number of piperidine rings is 1. The summed E-state index contributed by atoms with van der Waals surface area (Å²) in [7, 11) is 1.88. The molecule has 1 fully saturated rings. The molecule has 1 amide bonds. The largest absolute Gasteiger partial charge is 0.339 e. The zero-order chi connectivity index (χ0) is 11.4. The summed E-state index contributed by atoms with van der Waals surface area (Å²) in [5.41, 5.74) is 0.670. The topological polar surface area (TPSA) is 45.2 Å². The van der Waals surface area contributed by atoms with Crippen LogP contribution in [0, 0.1) is 0 Å². The van der Waals surface area contributed by atoms with E-state index in [0.29, 0.717) is 11.6 Å². The second-order valence-electron chi connectivity index (χ2n) is 4.14. The second-order valence-corrected chi connectivity index (χ2v) is 4.14. The number of nitrogens with zero attached hydrogens (tertiary/aromatic N) is 2. The Kier molecular flexibility index (Phi) is 3.51. The minimum absolute atomic E-state index is 0.0694. The van der Waals surface area contributed by atoms with Crippen molar-refractivity contribution >= 4 is 5.91 Å². The van der Waals surface area contributed by atoms with Crippen LogP contribution in [0.3, 0.4) is 0 Å². The average molecular weight is 219 g/mol. The SMILES string of the molecule is CN(C(=O)c1cccnc1)C1CCNCC1. The molecule has 0 bridgehead atoms. The van der Waals surface area contributed by atoms with Crippen LogP contribution in [0.1, 0.15) is 23.2 Å². The van der Waals surface area contributed by atoms with Crippen LogP contribution in [0.15, 0.2) is 24.5 Å². The third kappa shape index (κ3) is 2.39. The van der Waals surface area contributed by atoms with E-state index in [0.717, 1.165) is 25.9 Å². The molecule has 1 saturated heterocycles. The van der Waals surface area contributed by atoms with Crippen LogP contribution < -0.4 is 5.32 Å². The zero-order valence-electron chi connectivity index (χ0n) is 9.52. The molecule has 16 heavy (non-hydrogen) atoms. The van der Waals surface area contributed by atoms with Gasteiger partial charge in [0.1, 0.15) is 0 Å². The van der Waals surface area contributed by atoms with Gasteiger partial charge in [0.25, 0.3) is 5.91 Å². The molecule has 4 heteroatoms. The Morgan fingerprint density at radius 2 is 2.25 bits per heavy atom. The summed E-state index contributed by atoms with van der Waals surface area (Å²) < 4.78 is 0. The molecule has 0 saturated carbocycles. The monoisotopic (exact) mass is 219 g/mol. The molecule has 2 heterocycles. The standard InChI is InChI=1S/C12H17N3O/c1-15(11-4-7-13-8-5-11)12(16)10-3-2-6-14-9-10/h2-3,6,9,11,13H,4-5,7-8H2,1H3. The van der Waals surface area contributed by atoms with Crippen LogP contribution in [0.4, 0.5) is 0 Å². The number of amides is 1. The summed E-state index contributed by atoms with van der Waals surface area (Å²) in [6.45, 7) is 1.99. The summed E-state index contributed by atoms with van der Waals surface area (Å²) >= 11 is 0. The lowest BCUT2D eigenvalue weighted by Gasteiger charge is -2.31. The smallest absolute Gasteiger partial charge is 0.255 e. The number of carbonyl (C=O) groups is 1.